The summed E-state index contributed by atoms with van der Waals surface area (Å²) >= 11 is 0. The molecule has 0 bridgehead atoms. The Hall–Kier alpha value is -0.800. The first kappa shape index (κ1) is 10.7. The zero-order valence-electron chi connectivity index (χ0n) is 9.45. The first-order valence-corrected chi connectivity index (χ1v) is 5.68. The van der Waals surface area contributed by atoms with Crippen LogP contribution in [0.25, 0.3) is 0 Å². The number of hydrogen-bond donors (Lipinski definition) is 1. The van der Waals surface area contributed by atoms with Gasteiger partial charge in [0.15, 0.2) is 0 Å². The first-order valence-electron chi connectivity index (χ1n) is 5.68. The number of furan rings is 1. The molecular weight excluding hydrogens is 190 g/mol. The van der Waals surface area contributed by atoms with Gasteiger partial charge in [-0.05, 0) is 25.6 Å². The predicted molar refractivity (Wildman–Crippen MR) is 58.8 cm³/mol. The molecule has 0 amide bonds. The minimum Gasteiger partial charge on any atom is -0.464 e. The van der Waals surface area contributed by atoms with E-state index in [0.717, 1.165) is 37.6 Å². The highest BCUT2D eigenvalue weighted by atomic mass is 16.5. The molecule has 1 aliphatic heterocycles. The highest BCUT2D eigenvalue weighted by Crippen LogP contribution is 2.29. The van der Waals surface area contributed by atoms with Gasteiger partial charge in [0.05, 0.1) is 12.6 Å². The van der Waals surface area contributed by atoms with Gasteiger partial charge in [-0.25, -0.2) is 0 Å². The Kier molecular flexibility index (Phi) is 3.44. The van der Waals surface area contributed by atoms with Gasteiger partial charge in [0.25, 0.3) is 0 Å². The van der Waals surface area contributed by atoms with Gasteiger partial charge in [-0.15, -0.1) is 0 Å². The largest absolute Gasteiger partial charge is 0.464 e. The van der Waals surface area contributed by atoms with Crippen LogP contribution in [0.2, 0.25) is 0 Å². The second kappa shape index (κ2) is 4.81. The fraction of sp³-hybridized carbons (Fsp3) is 0.667. The monoisotopic (exact) mass is 209 g/mol. The van der Waals surface area contributed by atoms with E-state index >= 15 is 0 Å². The summed E-state index contributed by atoms with van der Waals surface area (Å²) in [5.74, 6) is 2.65. The Balaban J connectivity index is 2.10. The van der Waals surface area contributed by atoms with Crippen LogP contribution in [0.15, 0.2) is 16.5 Å². The summed E-state index contributed by atoms with van der Waals surface area (Å²) in [5.41, 5.74) is 0. The van der Waals surface area contributed by atoms with Gasteiger partial charge in [0.1, 0.15) is 11.5 Å². The lowest BCUT2D eigenvalue weighted by molar-refractivity contribution is 0.174. The van der Waals surface area contributed by atoms with E-state index < -0.39 is 0 Å². The molecule has 3 nitrogen and oxygen atoms in total. The van der Waals surface area contributed by atoms with Crippen molar-refractivity contribution in [1.82, 2.24) is 5.32 Å². The molecule has 1 N–H and O–H groups in total. The molecule has 2 rings (SSSR count). The number of nitrogens with one attached hydrogen (secondary N) is 1. The first-order chi connectivity index (χ1) is 7.35. The fourth-order valence-electron chi connectivity index (χ4n) is 2.18. The summed E-state index contributed by atoms with van der Waals surface area (Å²) in [7, 11) is 1.98. The summed E-state index contributed by atoms with van der Waals surface area (Å²) in [4.78, 5) is 0. The summed E-state index contributed by atoms with van der Waals surface area (Å²) in [5, 5.41) is 3.32. The third-order valence-corrected chi connectivity index (χ3v) is 3.08. The van der Waals surface area contributed by atoms with Crippen molar-refractivity contribution in [3.8, 4) is 0 Å². The van der Waals surface area contributed by atoms with E-state index in [2.05, 4.69) is 24.4 Å². The average Bonchev–Trinajstić information content (AvgIpc) is 2.89. The zero-order valence-corrected chi connectivity index (χ0v) is 9.45. The van der Waals surface area contributed by atoms with E-state index in [4.69, 9.17) is 9.15 Å². The van der Waals surface area contributed by atoms with Crippen molar-refractivity contribution in [3.05, 3.63) is 23.7 Å². The SMILES string of the molecule is CCc1ccc(C(NC)C2CCOC2)o1. The van der Waals surface area contributed by atoms with E-state index in [1.54, 1.807) is 0 Å². The molecule has 0 spiro atoms. The third-order valence-electron chi connectivity index (χ3n) is 3.08. The Labute approximate surface area is 90.8 Å². The highest BCUT2D eigenvalue weighted by molar-refractivity contribution is 5.12. The van der Waals surface area contributed by atoms with E-state index in [9.17, 15) is 0 Å². The van der Waals surface area contributed by atoms with Gasteiger partial charge in [-0.3, -0.25) is 0 Å². The molecule has 2 heterocycles. The number of aryl methyl sites for hydroxylation is 1. The van der Waals surface area contributed by atoms with Crippen LogP contribution in [0.4, 0.5) is 0 Å². The number of hydrogen-bond acceptors (Lipinski definition) is 3. The van der Waals surface area contributed by atoms with Gasteiger partial charge in [-0.2, -0.15) is 0 Å². The van der Waals surface area contributed by atoms with Crippen LogP contribution >= 0.6 is 0 Å². The minimum absolute atomic E-state index is 0.299. The summed E-state index contributed by atoms with van der Waals surface area (Å²) in [6.45, 7) is 3.83. The minimum atomic E-state index is 0.299. The molecule has 0 aromatic carbocycles. The molecule has 0 aliphatic carbocycles. The van der Waals surface area contributed by atoms with E-state index in [1.807, 2.05) is 7.05 Å². The van der Waals surface area contributed by atoms with Crippen LogP contribution in [0, 0.1) is 5.92 Å². The Morgan fingerprint density at radius 1 is 1.53 bits per heavy atom. The molecule has 1 fully saturated rings. The fourth-order valence-corrected chi connectivity index (χ4v) is 2.18. The van der Waals surface area contributed by atoms with Crippen LogP contribution < -0.4 is 5.32 Å². The zero-order chi connectivity index (χ0) is 10.7. The van der Waals surface area contributed by atoms with Crippen molar-refractivity contribution in [1.29, 1.82) is 0 Å². The maximum absolute atomic E-state index is 5.78. The van der Waals surface area contributed by atoms with Gasteiger partial charge < -0.3 is 14.5 Å². The lowest BCUT2D eigenvalue weighted by Crippen LogP contribution is -2.25. The van der Waals surface area contributed by atoms with Crippen molar-refractivity contribution in [3.63, 3.8) is 0 Å². The second-order valence-corrected chi connectivity index (χ2v) is 4.05. The molecule has 3 heteroatoms. The number of ether oxygens (including phenoxy) is 1. The molecular formula is C12H19NO2. The maximum Gasteiger partial charge on any atom is 0.121 e. The molecule has 2 unspecified atom stereocenters. The quantitative estimate of drug-likeness (QED) is 0.825. The second-order valence-electron chi connectivity index (χ2n) is 4.05. The van der Waals surface area contributed by atoms with Gasteiger partial charge in [0.2, 0.25) is 0 Å². The number of rotatable bonds is 4. The Morgan fingerprint density at radius 2 is 2.40 bits per heavy atom. The van der Waals surface area contributed by atoms with E-state index in [0.29, 0.717) is 12.0 Å². The average molecular weight is 209 g/mol. The van der Waals surface area contributed by atoms with Crippen LogP contribution in [-0.4, -0.2) is 20.3 Å². The Morgan fingerprint density at radius 3 is 2.93 bits per heavy atom. The van der Waals surface area contributed by atoms with Gasteiger partial charge in [-0.1, -0.05) is 6.92 Å². The van der Waals surface area contributed by atoms with Crippen LogP contribution in [0.1, 0.15) is 30.9 Å². The molecule has 1 aliphatic rings. The van der Waals surface area contributed by atoms with E-state index in [-0.39, 0.29) is 0 Å². The van der Waals surface area contributed by atoms with Crippen molar-refractivity contribution < 1.29 is 9.15 Å². The highest BCUT2D eigenvalue weighted by Gasteiger charge is 2.27. The summed E-state index contributed by atoms with van der Waals surface area (Å²) in [6.07, 6.45) is 2.07. The van der Waals surface area contributed by atoms with Crippen LogP contribution in [0.3, 0.4) is 0 Å². The topological polar surface area (TPSA) is 34.4 Å². The molecule has 84 valence electrons. The van der Waals surface area contributed by atoms with E-state index in [1.165, 1.54) is 0 Å². The molecule has 0 saturated carbocycles. The molecule has 1 aromatic heterocycles. The lowest BCUT2D eigenvalue weighted by atomic mass is 9.97. The van der Waals surface area contributed by atoms with Crippen molar-refractivity contribution in [2.75, 3.05) is 20.3 Å². The van der Waals surface area contributed by atoms with Crippen LogP contribution in [-0.2, 0) is 11.2 Å². The normalized spacial score (nSPS) is 23.2. The van der Waals surface area contributed by atoms with Crippen LogP contribution in [0.5, 0.6) is 0 Å². The smallest absolute Gasteiger partial charge is 0.121 e. The van der Waals surface area contributed by atoms with Crippen molar-refractivity contribution >= 4 is 0 Å². The molecule has 1 aromatic rings. The summed E-state index contributed by atoms with van der Waals surface area (Å²) < 4.78 is 11.2. The predicted octanol–water partition coefficient (Wildman–Crippen LogP) is 2.14. The standard InChI is InChI=1S/C12H19NO2/c1-3-10-4-5-11(15-10)12(13-2)9-6-7-14-8-9/h4-5,9,12-13H,3,6-8H2,1-2H3. The summed E-state index contributed by atoms with van der Waals surface area (Å²) in [6, 6.07) is 4.45. The van der Waals surface area contributed by atoms with Gasteiger partial charge in [0, 0.05) is 18.9 Å². The van der Waals surface area contributed by atoms with Crippen molar-refractivity contribution in [2.45, 2.75) is 25.8 Å². The molecule has 15 heavy (non-hydrogen) atoms. The molecule has 0 radical (unpaired) electrons. The third kappa shape index (κ3) is 2.24. The lowest BCUT2D eigenvalue weighted by Gasteiger charge is -2.19. The maximum atomic E-state index is 5.78. The van der Waals surface area contributed by atoms with Gasteiger partial charge >= 0.3 is 0 Å². The van der Waals surface area contributed by atoms with Crippen molar-refractivity contribution in [2.24, 2.45) is 5.92 Å². The Bertz CT molecular complexity index is 302. The molecule has 2 atom stereocenters. The molecule has 1 saturated heterocycles.